The Bertz CT molecular complexity index is 516. The second-order valence-corrected chi connectivity index (χ2v) is 6.99. The summed E-state index contributed by atoms with van der Waals surface area (Å²) in [6.07, 6.45) is 9.41. The Kier molecular flexibility index (Phi) is 5.36. The van der Waals surface area contributed by atoms with Crippen LogP contribution in [0, 0.1) is 5.92 Å². The number of hydrogen-bond donors (Lipinski definition) is 0. The fourth-order valence-electron chi connectivity index (χ4n) is 3.39. The van der Waals surface area contributed by atoms with Crippen molar-refractivity contribution >= 4 is 5.91 Å². The molecule has 3 rings (SSSR count). The van der Waals surface area contributed by atoms with Crippen LogP contribution in [0.1, 0.15) is 57.7 Å². The lowest BCUT2D eigenvalue weighted by molar-refractivity contribution is -0.143. The minimum absolute atomic E-state index is 0.137. The van der Waals surface area contributed by atoms with Gasteiger partial charge in [0.15, 0.2) is 0 Å². The van der Waals surface area contributed by atoms with Gasteiger partial charge in [0, 0.05) is 44.6 Å². The van der Waals surface area contributed by atoms with E-state index in [1.807, 2.05) is 18.0 Å². The molecule has 1 amide bonds. The summed E-state index contributed by atoms with van der Waals surface area (Å²) in [6.45, 7) is 7.34. The molecule has 0 spiro atoms. The first-order valence-corrected chi connectivity index (χ1v) is 9.10. The third-order valence-corrected chi connectivity index (χ3v) is 4.99. The minimum atomic E-state index is -0.316. The Labute approximate surface area is 139 Å². The minimum Gasteiger partial charge on any atom is -0.369 e. The maximum Gasteiger partial charge on any atom is 0.251 e. The molecule has 128 valence electrons. The predicted molar refractivity (Wildman–Crippen MR) is 89.2 cm³/mol. The molecule has 1 aromatic heterocycles. The number of rotatable bonds is 7. The fraction of sp³-hybridized carbons (Fsp3) is 0.778. The molecule has 5 nitrogen and oxygen atoms in total. The average molecular weight is 319 g/mol. The molecule has 0 unspecified atom stereocenters. The van der Waals surface area contributed by atoms with Gasteiger partial charge >= 0.3 is 0 Å². The van der Waals surface area contributed by atoms with Crippen molar-refractivity contribution in [1.82, 2.24) is 14.5 Å². The van der Waals surface area contributed by atoms with Crippen LogP contribution in [0.15, 0.2) is 12.4 Å². The summed E-state index contributed by atoms with van der Waals surface area (Å²) in [4.78, 5) is 19.0. The van der Waals surface area contributed by atoms with Gasteiger partial charge in [0.25, 0.3) is 5.91 Å². The zero-order valence-electron chi connectivity index (χ0n) is 14.4. The molecule has 1 saturated heterocycles. The van der Waals surface area contributed by atoms with E-state index in [4.69, 9.17) is 4.74 Å². The van der Waals surface area contributed by atoms with Gasteiger partial charge in [0.05, 0.1) is 0 Å². The van der Waals surface area contributed by atoms with Crippen LogP contribution in [-0.2, 0) is 16.1 Å². The van der Waals surface area contributed by atoms with E-state index in [2.05, 4.69) is 22.7 Å². The summed E-state index contributed by atoms with van der Waals surface area (Å²) in [5.41, 5.74) is 0. The van der Waals surface area contributed by atoms with Crippen LogP contribution in [0.4, 0.5) is 0 Å². The molecule has 0 N–H and O–H groups in total. The highest BCUT2D eigenvalue weighted by Crippen LogP contribution is 2.33. The standard InChI is InChI=1S/C18H29N3O2/c1-3-12-23-14(2)18(22)20-9-6-16(7-10-20)17-19-8-11-21(17)13-15-4-5-15/h8,11,14-16H,3-7,9-10,12-13H2,1-2H3/t14-/m0/s1. The summed E-state index contributed by atoms with van der Waals surface area (Å²) in [5, 5.41) is 0. The van der Waals surface area contributed by atoms with Crippen LogP contribution < -0.4 is 0 Å². The Morgan fingerprint density at radius 1 is 1.35 bits per heavy atom. The zero-order chi connectivity index (χ0) is 16.2. The second kappa shape index (κ2) is 7.47. The molecule has 5 heteroatoms. The van der Waals surface area contributed by atoms with Gasteiger partial charge in [-0.25, -0.2) is 4.98 Å². The van der Waals surface area contributed by atoms with Gasteiger partial charge in [-0.1, -0.05) is 6.92 Å². The third-order valence-electron chi connectivity index (χ3n) is 4.99. The van der Waals surface area contributed by atoms with Gasteiger partial charge in [0.1, 0.15) is 11.9 Å². The molecule has 2 aliphatic rings. The number of likely N-dealkylation sites (tertiary alicyclic amines) is 1. The van der Waals surface area contributed by atoms with Gasteiger partial charge in [-0.15, -0.1) is 0 Å². The molecule has 1 saturated carbocycles. The predicted octanol–water partition coefficient (Wildman–Crippen LogP) is 2.81. The lowest BCUT2D eigenvalue weighted by Crippen LogP contribution is -2.43. The van der Waals surface area contributed by atoms with Crippen molar-refractivity contribution in [3.05, 3.63) is 18.2 Å². The van der Waals surface area contributed by atoms with Crippen LogP contribution in [-0.4, -0.2) is 46.2 Å². The highest BCUT2D eigenvalue weighted by Gasteiger charge is 2.30. The molecular formula is C18H29N3O2. The number of imidazole rings is 1. The van der Waals surface area contributed by atoms with Gasteiger partial charge in [0.2, 0.25) is 0 Å². The Morgan fingerprint density at radius 2 is 2.09 bits per heavy atom. The highest BCUT2D eigenvalue weighted by atomic mass is 16.5. The number of piperidine rings is 1. The van der Waals surface area contributed by atoms with E-state index < -0.39 is 0 Å². The van der Waals surface area contributed by atoms with Gasteiger partial charge in [-0.05, 0) is 44.9 Å². The average Bonchev–Trinajstić information content (AvgIpc) is 3.27. The molecule has 2 heterocycles. The maximum absolute atomic E-state index is 12.4. The summed E-state index contributed by atoms with van der Waals surface area (Å²) in [6, 6.07) is 0. The summed E-state index contributed by atoms with van der Waals surface area (Å²) >= 11 is 0. The van der Waals surface area contributed by atoms with Crippen molar-refractivity contribution in [3.63, 3.8) is 0 Å². The van der Waals surface area contributed by atoms with E-state index in [-0.39, 0.29) is 12.0 Å². The molecule has 0 bridgehead atoms. The summed E-state index contributed by atoms with van der Waals surface area (Å²) < 4.78 is 7.91. The number of hydrogen-bond acceptors (Lipinski definition) is 3. The number of ether oxygens (including phenoxy) is 1. The number of carbonyl (C=O) groups is 1. The Hall–Kier alpha value is -1.36. The van der Waals surface area contributed by atoms with Gasteiger partial charge in [-0.3, -0.25) is 4.79 Å². The van der Waals surface area contributed by atoms with E-state index >= 15 is 0 Å². The topological polar surface area (TPSA) is 47.4 Å². The van der Waals surface area contributed by atoms with Crippen LogP contribution in [0.2, 0.25) is 0 Å². The van der Waals surface area contributed by atoms with Crippen LogP contribution in [0.3, 0.4) is 0 Å². The van der Waals surface area contributed by atoms with Crippen molar-refractivity contribution in [2.45, 2.75) is 64.5 Å². The first-order valence-electron chi connectivity index (χ1n) is 9.10. The fourth-order valence-corrected chi connectivity index (χ4v) is 3.39. The lowest BCUT2D eigenvalue weighted by atomic mass is 9.95. The largest absolute Gasteiger partial charge is 0.369 e. The van der Waals surface area contributed by atoms with Crippen molar-refractivity contribution in [2.75, 3.05) is 19.7 Å². The number of aromatic nitrogens is 2. The summed E-state index contributed by atoms with van der Waals surface area (Å²) in [7, 11) is 0. The van der Waals surface area contributed by atoms with E-state index in [0.717, 1.165) is 44.8 Å². The quantitative estimate of drug-likeness (QED) is 0.776. The Balaban J connectivity index is 1.52. The Morgan fingerprint density at radius 3 is 2.74 bits per heavy atom. The molecule has 1 aliphatic carbocycles. The van der Waals surface area contributed by atoms with Crippen LogP contribution >= 0.6 is 0 Å². The van der Waals surface area contributed by atoms with Gasteiger partial charge < -0.3 is 14.2 Å². The van der Waals surface area contributed by atoms with Crippen LogP contribution in [0.25, 0.3) is 0 Å². The molecule has 1 aromatic rings. The lowest BCUT2D eigenvalue weighted by Gasteiger charge is -2.33. The highest BCUT2D eigenvalue weighted by molar-refractivity contribution is 5.80. The monoisotopic (exact) mass is 319 g/mol. The molecule has 0 aromatic carbocycles. The third kappa shape index (κ3) is 4.14. The maximum atomic E-state index is 12.4. The number of carbonyl (C=O) groups excluding carboxylic acids is 1. The summed E-state index contributed by atoms with van der Waals surface area (Å²) in [5.74, 6) is 2.71. The first-order chi connectivity index (χ1) is 11.2. The smallest absolute Gasteiger partial charge is 0.251 e. The normalized spacial score (nSPS) is 20.7. The zero-order valence-corrected chi connectivity index (χ0v) is 14.4. The molecule has 1 atom stereocenters. The first kappa shape index (κ1) is 16.5. The second-order valence-electron chi connectivity index (χ2n) is 6.99. The van der Waals surface area contributed by atoms with E-state index in [0.29, 0.717) is 12.5 Å². The number of nitrogens with zero attached hydrogens (tertiary/aromatic N) is 3. The van der Waals surface area contributed by atoms with Crippen molar-refractivity contribution in [2.24, 2.45) is 5.92 Å². The van der Waals surface area contributed by atoms with Crippen molar-refractivity contribution in [3.8, 4) is 0 Å². The van der Waals surface area contributed by atoms with E-state index in [1.165, 1.54) is 18.7 Å². The molecule has 0 radical (unpaired) electrons. The molecule has 23 heavy (non-hydrogen) atoms. The van der Waals surface area contributed by atoms with E-state index in [9.17, 15) is 4.79 Å². The van der Waals surface area contributed by atoms with Crippen molar-refractivity contribution < 1.29 is 9.53 Å². The molecular weight excluding hydrogens is 290 g/mol. The van der Waals surface area contributed by atoms with E-state index in [1.54, 1.807) is 0 Å². The SMILES string of the molecule is CCCO[C@@H](C)C(=O)N1CCC(c2nccn2CC2CC2)CC1. The molecule has 1 aliphatic heterocycles. The number of amides is 1. The van der Waals surface area contributed by atoms with Crippen LogP contribution in [0.5, 0.6) is 0 Å². The molecule has 2 fully saturated rings. The van der Waals surface area contributed by atoms with Crippen molar-refractivity contribution in [1.29, 1.82) is 0 Å². The van der Waals surface area contributed by atoms with Gasteiger partial charge in [-0.2, -0.15) is 0 Å².